The third-order valence-corrected chi connectivity index (χ3v) is 3.20. The van der Waals surface area contributed by atoms with Crippen molar-refractivity contribution >= 4 is 18.3 Å². The molecule has 0 aromatic heterocycles. The Morgan fingerprint density at radius 3 is 2.32 bits per heavy atom. The van der Waals surface area contributed by atoms with Gasteiger partial charge in [0.1, 0.15) is 0 Å². The molecule has 0 heterocycles. The van der Waals surface area contributed by atoms with Gasteiger partial charge in [-0.3, -0.25) is 4.79 Å². The predicted molar refractivity (Wildman–Crippen MR) is 82.2 cm³/mol. The molecule has 1 rings (SSSR count). The molecule has 1 aromatic carbocycles. The molecule has 0 bridgehead atoms. The van der Waals surface area contributed by atoms with Gasteiger partial charge in [-0.2, -0.15) is 0 Å². The van der Waals surface area contributed by atoms with Crippen LogP contribution in [0.25, 0.3) is 0 Å². The Bertz CT molecular complexity index is 368. The van der Waals surface area contributed by atoms with E-state index in [9.17, 15) is 4.79 Å². The molecule has 0 saturated carbocycles. The van der Waals surface area contributed by atoms with Crippen LogP contribution in [0, 0.1) is 5.92 Å². The lowest BCUT2D eigenvalue weighted by atomic mass is 10.0. The molecule has 19 heavy (non-hydrogen) atoms. The lowest BCUT2D eigenvalue weighted by Crippen LogP contribution is -2.41. The van der Waals surface area contributed by atoms with Gasteiger partial charge in [-0.05, 0) is 18.9 Å². The first kappa shape index (κ1) is 17.9. The maximum atomic E-state index is 12.3. The monoisotopic (exact) mass is 284 g/mol. The summed E-state index contributed by atoms with van der Waals surface area (Å²) in [5, 5.41) is 0. The Morgan fingerprint density at radius 2 is 1.84 bits per heavy atom. The van der Waals surface area contributed by atoms with E-state index in [0.29, 0.717) is 6.54 Å². The summed E-state index contributed by atoms with van der Waals surface area (Å²) in [6.07, 6.45) is 0.963. The summed E-state index contributed by atoms with van der Waals surface area (Å²) >= 11 is 0. The first-order valence-corrected chi connectivity index (χ1v) is 6.64. The number of benzene rings is 1. The number of amides is 1. The summed E-state index contributed by atoms with van der Waals surface area (Å²) in [5.41, 5.74) is 6.98. The fraction of sp³-hybridized carbons (Fsp3) is 0.533. The molecule has 1 amide bonds. The standard InChI is InChI=1S/C15H24N2O.ClH/c1-4-10-17(15(18)12(2)13(3)16)11-14-8-6-5-7-9-14;/h5-9,12-13H,4,10-11,16H2,1-3H3;1H. The van der Waals surface area contributed by atoms with Crippen molar-refractivity contribution in [1.82, 2.24) is 4.90 Å². The van der Waals surface area contributed by atoms with E-state index < -0.39 is 0 Å². The van der Waals surface area contributed by atoms with Crippen LogP contribution in [0.5, 0.6) is 0 Å². The van der Waals surface area contributed by atoms with Crippen LogP contribution in [0.1, 0.15) is 32.8 Å². The number of hydrogen-bond donors (Lipinski definition) is 1. The van der Waals surface area contributed by atoms with Gasteiger partial charge in [0.25, 0.3) is 0 Å². The Kier molecular flexibility index (Phi) is 8.44. The van der Waals surface area contributed by atoms with Crippen LogP contribution in [0.2, 0.25) is 0 Å². The Hall–Kier alpha value is -1.06. The van der Waals surface area contributed by atoms with Crippen molar-refractivity contribution in [2.24, 2.45) is 11.7 Å². The topological polar surface area (TPSA) is 46.3 Å². The van der Waals surface area contributed by atoms with Crippen LogP contribution in [0.4, 0.5) is 0 Å². The minimum Gasteiger partial charge on any atom is -0.338 e. The number of nitrogens with two attached hydrogens (primary N) is 1. The number of nitrogens with zero attached hydrogens (tertiary/aromatic N) is 1. The van der Waals surface area contributed by atoms with Crippen LogP contribution in [0.3, 0.4) is 0 Å². The number of hydrogen-bond acceptors (Lipinski definition) is 2. The van der Waals surface area contributed by atoms with Crippen molar-refractivity contribution < 1.29 is 4.79 Å². The second-order valence-electron chi connectivity index (χ2n) is 4.89. The van der Waals surface area contributed by atoms with Gasteiger partial charge in [0.2, 0.25) is 5.91 Å². The fourth-order valence-electron chi connectivity index (χ4n) is 1.85. The predicted octanol–water partition coefficient (Wildman–Crippen LogP) is 2.83. The minimum atomic E-state index is -0.125. The molecule has 2 N–H and O–H groups in total. The summed E-state index contributed by atoms with van der Waals surface area (Å²) in [6.45, 7) is 7.33. The highest BCUT2D eigenvalue weighted by molar-refractivity contribution is 5.85. The van der Waals surface area contributed by atoms with E-state index in [2.05, 4.69) is 6.92 Å². The molecular weight excluding hydrogens is 260 g/mol. The smallest absolute Gasteiger partial charge is 0.227 e. The maximum Gasteiger partial charge on any atom is 0.227 e. The average Bonchev–Trinajstić information content (AvgIpc) is 2.37. The molecule has 0 fully saturated rings. The molecule has 0 aliphatic heterocycles. The molecule has 108 valence electrons. The normalized spacial score (nSPS) is 13.3. The molecule has 0 saturated heterocycles. The lowest BCUT2D eigenvalue weighted by Gasteiger charge is -2.27. The van der Waals surface area contributed by atoms with Crippen LogP contribution in [0.15, 0.2) is 30.3 Å². The summed E-state index contributed by atoms with van der Waals surface area (Å²) in [6, 6.07) is 9.98. The summed E-state index contributed by atoms with van der Waals surface area (Å²) in [4.78, 5) is 14.2. The van der Waals surface area contributed by atoms with E-state index >= 15 is 0 Å². The van der Waals surface area contributed by atoms with Gasteiger partial charge in [0.05, 0.1) is 5.92 Å². The van der Waals surface area contributed by atoms with E-state index in [1.54, 1.807) is 0 Å². The second kappa shape index (κ2) is 8.94. The van der Waals surface area contributed by atoms with Crippen molar-refractivity contribution in [3.05, 3.63) is 35.9 Å². The van der Waals surface area contributed by atoms with E-state index in [0.717, 1.165) is 18.5 Å². The number of rotatable bonds is 6. The van der Waals surface area contributed by atoms with Crippen LogP contribution < -0.4 is 5.73 Å². The van der Waals surface area contributed by atoms with Gasteiger partial charge in [-0.15, -0.1) is 12.4 Å². The minimum absolute atomic E-state index is 0. The largest absolute Gasteiger partial charge is 0.338 e. The Balaban J connectivity index is 0.00000324. The van der Waals surface area contributed by atoms with Gasteiger partial charge in [-0.1, -0.05) is 44.2 Å². The molecule has 2 atom stereocenters. The van der Waals surface area contributed by atoms with E-state index in [1.165, 1.54) is 0 Å². The molecule has 0 aliphatic carbocycles. The molecule has 1 aromatic rings. The van der Waals surface area contributed by atoms with Gasteiger partial charge in [0.15, 0.2) is 0 Å². The number of carbonyl (C=O) groups is 1. The van der Waals surface area contributed by atoms with E-state index in [1.807, 2.05) is 49.1 Å². The third-order valence-electron chi connectivity index (χ3n) is 3.20. The number of carbonyl (C=O) groups excluding carboxylic acids is 1. The van der Waals surface area contributed by atoms with Crippen molar-refractivity contribution in [1.29, 1.82) is 0 Å². The molecule has 0 spiro atoms. The van der Waals surface area contributed by atoms with Crippen molar-refractivity contribution in [2.45, 2.75) is 39.8 Å². The highest BCUT2D eigenvalue weighted by Gasteiger charge is 2.22. The van der Waals surface area contributed by atoms with Crippen molar-refractivity contribution in [2.75, 3.05) is 6.54 Å². The molecule has 2 unspecified atom stereocenters. The first-order chi connectivity index (χ1) is 8.56. The first-order valence-electron chi connectivity index (χ1n) is 6.64. The summed E-state index contributed by atoms with van der Waals surface area (Å²) in [7, 11) is 0. The molecule has 0 aliphatic rings. The van der Waals surface area contributed by atoms with Gasteiger partial charge in [-0.25, -0.2) is 0 Å². The summed E-state index contributed by atoms with van der Waals surface area (Å²) < 4.78 is 0. The van der Waals surface area contributed by atoms with Crippen LogP contribution >= 0.6 is 12.4 Å². The SMILES string of the molecule is CCCN(Cc1ccccc1)C(=O)C(C)C(C)N.Cl. The quantitative estimate of drug-likeness (QED) is 0.873. The van der Waals surface area contributed by atoms with Crippen molar-refractivity contribution in [3.8, 4) is 0 Å². The van der Waals surface area contributed by atoms with Gasteiger partial charge < -0.3 is 10.6 Å². The molecule has 0 radical (unpaired) electrons. The fourth-order valence-corrected chi connectivity index (χ4v) is 1.85. The van der Waals surface area contributed by atoms with E-state index in [-0.39, 0.29) is 30.3 Å². The van der Waals surface area contributed by atoms with Gasteiger partial charge >= 0.3 is 0 Å². The third kappa shape index (κ3) is 5.62. The highest BCUT2D eigenvalue weighted by Crippen LogP contribution is 2.11. The van der Waals surface area contributed by atoms with Crippen molar-refractivity contribution in [3.63, 3.8) is 0 Å². The maximum absolute atomic E-state index is 12.3. The molecule has 4 heteroatoms. The molecular formula is C15H25ClN2O. The number of halogens is 1. The zero-order valence-electron chi connectivity index (χ0n) is 12.0. The average molecular weight is 285 g/mol. The Labute approximate surface area is 122 Å². The highest BCUT2D eigenvalue weighted by atomic mass is 35.5. The van der Waals surface area contributed by atoms with E-state index in [4.69, 9.17) is 5.73 Å². The van der Waals surface area contributed by atoms with Gasteiger partial charge in [0, 0.05) is 19.1 Å². The zero-order valence-corrected chi connectivity index (χ0v) is 12.8. The lowest BCUT2D eigenvalue weighted by molar-refractivity contribution is -0.136. The van der Waals surface area contributed by atoms with Crippen LogP contribution in [-0.2, 0) is 11.3 Å². The molecule has 3 nitrogen and oxygen atoms in total. The zero-order chi connectivity index (χ0) is 13.5. The van der Waals surface area contributed by atoms with Crippen LogP contribution in [-0.4, -0.2) is 23.4 Å². The second-order valence-corrected chi connectivity index (χ2v) is 4.89. The summed E-state index contributed by atoms with van der Waals surface area (Å²) in [5.74, 6) is 0.0240. The Morgan fingerprint density at radius 1 is 1.26 bits per heavy atom.